The van der Waals surface area contributed by atoms with Gasteiger partial charge in [0.1, 0.15) is 11.5 Å². The molecular weight excluding hydrogens is 394 g/mol. The molecule has 0 saturated carbocycles. The van der Waals surface area contributed by atoms with Gasteiger partial charge >= 0.3 is 5.97 Å². The molecule has 158 valence electrons. The number of hydrogen-bond acceptors (Lipinski definition) is 5. The standard InChI is InChI=1S/C25H23NO5/c27-24(26-14-16-29-17-15-26)23(19-8-3-1-4-9-19)31-25(28)20-10-7-13-22(18-20)30-21-11-5-2-6-12-21/h1-13,18,23H,14-17H2/t23-/m0/s1. The summed E-state index contributed by atoms with van der Waals surface area (Å²) in [6.45, 7) is 1.89. The fourth-order valence-electron chi connectivity index (χ4n) is 3.32. The maximum atomic E-state index is 13.1. The Morgan fingerprint density at radius 1 is 0.806 bits per heavy atom. The minimum atomic E-state index is -1.02. The van der Waals surface area contributed by atoms with Crippen LogP contribution in [0.5, 0.6) is 11.5 Å². The Balaban J connectivity index is 1.53. The van der Waals surface area contributed by atoms with E-state index < -0.39 is 12.1 Å². The Morgan fingerprint density at radius 3 is 2.16 bits per heavy atom. The molecule has 0 spiro atoms. The first kappa shape index (κ1) is 20.6. The smallest absolute Gasteiger partial charge is 0.339 e. The predicted molar refractivity (Wildman–Crippen MR) is 115 cm³/mol. The van der Waals surface area contributed by atoms with Crippen LogP contribution in [0.15, 0.2) is 84.9 Å². The molecule has 4 rings (SSSR count). The van der Waals surface area contributed by atoms with Crippen molar-refractivity contribution in [2.75, 3.05) is 26.3 Å². The normalized spacial score (nSPS) is 14.5. The van der Waals surface area contributed by atoms with Crippen molar-refractivity contribution in [3.05, 3.63) is 96.1 Å². The number of para-hydroxylation sites is 1. The number of rotatable bonds is 6. The van der Waals surface area contributed by atoms with E-state index in [0.717, 1.165) is 0 Å². The molecule has 31 heavy (non-hydrogen) atoms. The van der Waals surface area contributed by atoms with Crippen molar-refractivity contribution in [1.29, 1.82) is 0 Å². The van der Waals surface area contributed by atoms with Crippen LogP contribution in [0.25, 0.3) is 0 Å². The van der Waals surface area contributed by atoms with E-state index >= 15 is 0 Å². The summed E-state index contributed by atoms with van der Waals surface area (Å²) in [4.78, 5) is 27.8. The number of amides is 1. The third-order valence-corrected chi connectivity index (χ3v) is 4.92. The molecule has 0 N–H and O–H groups in total. The number of ether oxygens (including phenoxy) is 3. The van der Waals surface area contributed by atoms with Crippen molar-refractivity contribution in [3.63, 3.8) is 0 Å². The van der Waals surface area contributed by atoms with Gasteiger partial charge in [-0.25, -0.2) is 4.79 Å². The number of morpholine rings is 1. The number of benzene rings is 3. The van der Waals surface area contributed by atoms with Crippen LogP contribution in [0.2, 0.25) is 0 Å². The first-order valence-electron chi connectivity index (χ1n) is 10.2. The third kappa shape index (κ3) is 5.29. The van der Waals surface area contributed by atoms with Crippen molar-refractivity contribution in [3.8, 4) is 11.5 Å². The summed E-state index contributed by atoms with van der Waals surface area (Å²) in [5, 5.41) is 0. The fraction of sp³-hybridized carbons (Fsp3) is 0.200. The van der Waals surface area contributed by atoms with Crippen molar-refractivity contribution in [2.24, 2.45) is 0 Å². The number of carbonyl (C=O) groups excluding carboxylic acids is 2. The van der Waals surface area contributed by atoms with Gasteiger partial charge in [-0.05, 0) is 30.3 Å². The summed E-state index contributed by atoms with van der Waals surface area (Å²) in [5.74, 6) is 0.336. The van der Waals surface area contributed by atoms with Crippen molar-refractivity contribution < 1.29 is 23.8 Å². The van der Waals surface area contributed by atoms with Crippen LogP contribution in [0.4, 0.5) is 0 Å². The Labute approximate surface area is 181 Å². The van der Waals surface area contributed by atoms with E-state index in [2.05, 4.69) is 0 Å². The molecule has 3 aromatic rings. The van der Waals surface area contributed by atoms with Gasteiger partial charge < -0.3 is 19.1 Å². The maximum absolute atomic E-state index is 13.1. The number of esters is 1. The Morgan fingerprint density at radius 2 is 1.45 bits per heavy atom. The van der Waals surface area contributed by atoms with E-state index in [-0.39, 0.29) is 5.91 Å². The van der Waals surface area contributed by atoms with Crippen LogP contribution in [-0.2, 0) is 14.3 Å². The lowest BCUT2D eigenvalue weighted by atomic mass is 10.1. The van der Waals surface area contributed by atoms with Crippen LogP contribution in [0.1, 0.15) is 22.0 Å². The molecule has 1 atom stereocenters. The minimum Gasteiger partial charge on any atom is -0.457 e. The maximum Gasteiger partial charge on any atom is 0.339 e. The van der Waals surface area contributed by atoms with Crippen LogP contribution < -0.4 is 4.74 Å². The molecule has 1 heterocycles. The lowest BCUT2D eigenvalue weighted by Gasteiger charge is -2.30. The lowest BCUT2D eigenvalue weighted by Crippen LogP contribution is -2.44. The van der Waals surface area contributed by atoms with Gasteiger partial charge in [-0.2, -0.15) is 0 Å². The second-order valence-electron chi connectivity index (χ2n) is 7.08. The molecule has 0 aromatic heterocycles. The average molecular weight is 417 g/mol. The Hall–Kier alpha value is -3.64. The Bertz CT molecular complexity index is 1020. The van der Waals surface area contributed by atoms with Gasteiger partial charge in [0.05, 0.1) is 18.8 Å². The minimum absolute atomic E-state index is 0.250. The number of nitrogens with zero attached hydrogens (tertiary/aromatic N) is 1. The highest BCUT2D eigenvalue weighted by Crippen LogP contribution is 2.25. The summed E-state index contributed by atoms with van der Waals surface area (Å²) in [7, 11) is 0. The van der Waals surface area contributed by atoms with Gasteiger partial charge in [-0.15, -0.1) is 0 Å². The van der Waals surface area contributed by atoms with Crippen LogP contribution in [0, 0.1) is 0 Å². The zero-order valence-corrected chi connectivity index (χ0v) is 17.0. The van der Waals surface area contributed by atoms with Gasteiger partial charge in [0.15, 0.2) is 0 Å². The molecule has 3 aromatic carbocycles. The zero-order chi connectivity index (χ0) is 21.5. The quantitative estimate of drug-likeness (QED) is 0.562. The summed E-state index contributed by atoms with van der Waals surface area (Å²) in [6.07, 6.45) is -1.02. The van der Waals surface area contributed by atoms with E-state index in [1.165, 1.54) is 0 Å². The summed E-state index contributed by atoms with van der Waals surface area (Å²) in [5.41, 5.74) is 0.938. The first-order valence-corrected chi connectivity index (χ1v) is 10.2. The third-order valence-electron chi connectivity index (χ3n) is 4.92. The highest BCUT2D eigenvalue weighted by Gasteiger charge is 2.30. The van der Waals surface area contributed by atoms with Crippen molar-refractivity contribution >= 4 is 11.9 Å². The van der Waals surface area contributed by atoms with Crippen LogP contribution in [0.3, 0.4) is 0 Å². The highest BCUT2D eigenvalue weighted by atomic mass is 16.5. The molecule has 0 unspecified atom stereocenters. The van der Waals surface area contributed by atoms with E-state index in [1.54, 1.807) is 41.3 Å². The average Bonchev–Trinajstić information content (AvgIpc) is 2.84. The molecule has 1 aliphatic rings. The lowest BCUT2D eigenvalue weighted by molar-refractivity contribution is -0.145. The molecule has 0 bridgehead atoms. The summed E-state index contributed by atoms with van der Waals surface area (Å²) >= 11 is 0. The predicted octanol–water partition coefficient (Wildman–Crippen LogP) is 4.24. The van der Waals surface area contributed by atoms with E-state index in [1.807, 2.05) is 48.5 Å². The zero-order valence-electron chi connectivity index (χ0n) is 17.0. The van der Waals surface area contributed by atoms with E-state index in [0.29, 0.717) is 48.9 Å². The topological polar surface area (TPSA) is 65.1 Å². The molecule has 1 amide bonds. The van der Waals surface area contributed by atoms with Crippen molar-refractivity contribution in [2.45, 2.75) is 6.10 Å². The first-order chi connectivity index (χ1) is 15.2. The fourth-order valence-corrected chi connectivity index (χ4v) is 3.32. The number of carbonyl (C=O) groups is 2. The Kier molecular flexibility index (Phi) is 6.59. The van der Waals surface area contributed by atoms with Gasteiger partial charge in [-0.1, -0.05) is 54.6 Å². The van der Waals surface area contributed by atoms with Gasteiger partial charge in [0.2, 0.25) is 6.10 Å². The molecule has 0 radical (unpaired) electrons. The van der Waals surface area contributed by atoms with Gasteiger partial charge in [-0.3, -0.25) is 4.79 Å². The van der Waals surface area contributed by atoms with E-state index in [9.17, 15) is 9.59 Å². The highest BCUT2D eigenvalue weighted by molar-refractivity contribution is 5.93. The molecule has 6 nitrogen and oxygen atoms in total. The number of hydrogen-bond donors (Lipinski definition) is 0. The summed E-state index contributed by atoms with van der Waals surface area (Å²) in [6, 6.07) is 25.1. The molecule has 1 aliphatic heterocycles. The van der Waals surface area contributed by atoms with Crippen LogP contribution in [-0.4, -0.2) is 43.1 Å². The second kappa shape index (κ2) is 9.91. The monoisotopic (exact) mass is 417 g/mol. The van der Waals surface area contributed by atoms with Crippen LogP contribution >= 0.6 is 0 Å². The SMILES string of the molecule is O=C(O[C@H](C(=O)N1CCOCC1)c1ccccc1)c1cccc(Oc2ccccc2)c1. The molecule has 6 heteroatoms. The van der Waals surface area contributed by atoms with Gasteiger partial charge in [0.25, 0.3) is 5.91 Å². The largest absolute Gasteiger partial charge is 0.457 e. The molecule has 1 fully saturated rings. The molecular formula is C25H23NO5. The van der Waals surface area contributed by atoms with E-state index in [4.69, 9.17) is 14.2 Å². The van der Waals surface area contributed by atoms with Gasteiger partial charge in [0, 0.05) is 18.7 Å². The summed E-state index contributed by atoms with van der Waals surface area (Å²) < 4.78 is 16.9. The second-order valence-corrected chi connectivity index (χ2v) is 7.08. The molecule has 1 saturated heterocycles. The molecule has 0 aliphatic carbocycles. The van der Waals surface area contributed by atoms with Crippen molar-refractivity contribution in [1.82, 2.24) is 4.90 Å².